The van der Waals surface area contributed by atoms with Crippen molar-refractivity contribution in [3.05, 3.63) is 37.1 Å². The van der Waals surface area contributed by atoms with Crippen molar-refractivity contribution >= 4 is 17.3 Å². The summed E-state index contributed by atoms with van der Waals surface area (Å²) in [6, 6.07) is 3.95. The van der Waals surface area contributed by atoms with Gasteiger partial charge in [-0.3, -0.25) is 4.98 Å². The van der Waals surface area contributed by atoms with Crippen LogP contribution in [0.25, 0.3) is 5.65 Å². The van der Waals surface area contributed by atoms with Gasteiger partial charge in [0.15, 0.2) is 5.65 Å². The quantitative estimate of drug-likeness (QED) is 0.686. The monoisotopic (exact) mass is 296 g/mol. The van der Waals surface area contributed by atoms with Gasteiger partial charge in [-0.2, -0.15) is 4.52 Å². The zero-order chi connectivity index (χ0) is 14.8. The Hall–Kier alpha value is -2.77. The summed E-state index contributed by atoms with van der Waals surface area (Å²) in [5.74, 6) is 1.89. The normalized spacial score (nSPS) is 16.0. The van der Waals surface area contributed by atoms with Crippen molar-refractivity contribution in [2.24, 2.45) is 0 Å². The summed E-state index contributed by atoms with van der Waals surface area (Å²) in [4.78, 5) is 13.1. The topological polar surface area (TPSA) is 75.3 Å². The van der Waals surface area contributed by atoms with E-state index in [1.165, 1.54) is 0 Å². The van der Waals surface area contributed by atoms with Crippen LogP contribution >= 0.6 is 0 Å². The second kappa shape index (κ2) is 5.55. The molecule has 0 saturated carbocycles. The minimum Gasteiger partial charge on any atom is -0.354 e. The predicted molar refractivity (Wildman–Crippen MR) is 81.9 cm³/mol. The first kappa shape index (κ1) is 12.9. The Labute approximate surface area is 127 Å². The van der Waals surface area contributed by atoms with Gasteiger partial charge in [0.2, 0.25) is 0 Å². The van der Waals surface area contributed by atoms with E-state index in [1.807, 2.05) is 18.3 Å². The maximum absolute atomic E-state index is 4.57. The zero-order valence-corrected chi connectivity index (χ0v) is 12.1. The Morgan fingerprint density at radius 1 is 0.909 bits per heavy atom. The van der Waals surface area contributed by atoms with Crippen molar-refractivity contribution < 1.29 is 0 Å². The molecule has 8 heteroatoms. The van der Waals surface area contributed by atoms with Crippen LogP contribution < -0.4 is 9.80 Å². The second-order valence-electron chi connectivity index (χ2n) is 5.22. The maximum atomic E-state index is 4.57. The Morgan fingerprint density at radius 3 is 2.59 bits per heavy atom. The summed E-state index contributed by atoms with van der Waals surface area (Å²) < 4.78 is 1.71. The maximum Gasteiger partial charge on any atom is 0.177 e. The third kappa shape index (κ3) is 2.43. The van der Waals surface area contributed by atoms with Gasteiger partial charge >= 0.3 is 0 Å². The molecule has 112 valence electrons. The average molecular weight is 296 g/mol. The van der Waals surface area contributed by atoms with Gasteiger partial charge in [0.05, 0.1) is 6.20 Å². The molecule has 1 saturated heterocycles. The van der Waals surface area contributed by atoms with Crippen molar-refractivity contribution in [2.45, 2.75) is 6.42 Å². The molecule has 0 unspecified atom stereocenters. The number of hydrogen-bond acceptors (Lipinski definition) is 7. The van der Waals surface area contributed by atoms with Gasteiger partial charge in [0.25, 0.3) is 0 Å². The molecular weight excluding hydrogens is 280 g/mol. The fraction of sp³-hybridized carbons (Fsp3) is 0.357. The summed E-state index contributed by atoms with van der Waals surface area (Å²) >= 11 is 0. The van der Waals surface area contributed by atoms with Gasteiger partial charge in [-0.25, -0.2) is 4.98 Å². The summed E-state index contributed by atoms with van der Waals surface area (Å²) in [7, 11) is 0. The highest BCUT2D eigenvalue weighted by Gasteiger charge is 2.17. The van der Waals surface area contributed by atoms with E-state index in [1.54, 1.807) is 23.2 Å². The molecule has 0 aliphatic carbocycles. The fourth-order valence-corrected chi connectivity index (χ4v) is 2.72. The van der Waals surface area contributed by atoms with Crippen LogP contribution in [0.2, 0.25) is 0 Å². The minimum atomic E-state index is 0.764. The van der Waals surface area contributed by atoms with E-state index in [4.69, 9.17) is 0 Å². The van der Waals surface area contributed by atoms with Crippen LogP contribution in [0.3, 0.4) is 0 Å². The van der Waals surface area contributed by atoms with Crippen molar-refractivity contribution in [2.75, 3.05) is 36.0 Å². The summed E-state index contributed by atoms with van der Waals surface area (Å²) in [5.41, 5.74) is 0.764. The van der Waals surface area contributed by atoms with Crippen molar-refractivity contribution in [3.63, 3.8) is 0 Å². The molecule has 0 atom stereocenters. The molecule has 8 nitrogen and oxygen atoms in total. The van der Waals surface area contributed by atoms with E-state index in [-0.39, 0.29) is 0 Å². The van der Waals surface area contributed by atoms with Gasteiger partial charge < -0.3 is 9.80 Å². The van der Waals surface area contributed by atoms with Crippen LogP contribution in [0.4, 0.5) is 11.6 Å². The Bertz CT molecular complexity index is 756. The number of anilines is 2. The van der Waals surface area contributed by atoms with Crippen molar-refractivity contribution in [3.8, 4) is 0 Å². The van der Waals surface area contributed by atoms with Gasteiger partial charge in [0, 0.05) is 38.6 Å². The molecular formula is C14H16N8. The lowest BCUT2D eigenvalue weighted by Gasteiger charge is -2.23. The molecule has 1 aliphatic rings. The highest BCUT2D eigenvalue weighted by Crippen LogP contribution is 2.16. The Morgan fingerprint density at radius 2 is 1.77 bits per heavy atom. The molecule has 0 aromatic carbocycles. The molecule has 22 heavy (non-hydrogen) atoms. The Balaban J connectivity index is 1.52. The molecule has 0 spiro atoms. The van der Waals surface area contributed by atoms with E-state index in [0.29, 0.717) is 0 Å². The minimum absolute atomic E-state index is 0.764. The lowest BCUT2D eigenvalue weighted by molar-refractivity contribution is 0.775. The molecule has 1 aliphatic heterocycles. The van der Waals surface area contributed by atoms with Gasteiger partial charge in [-0.1, -0.05) is 0 Å². The SMILES string of the molecule is c1cnc(N2CCCN(c3ccc4nncn4n3)CC2)cn1. The van der Waals surface area contributed by atoms with Crippen molar-refractivity contribution in [1.82, 2.24) is 29.8 Å². The molecule has 4 rings (SSSR count). The van der Waals surface area contributed by atoms with Crippen LogP contribution in [-0.2, 0) is 0 Å². The molecule has 4 heterocycles. The highest BCUT2D eigenvalue weighted by molar-refractivity contribution is 5.46. The van der Waals surface area contributed by atoms with Crippen LogP contribution in [0.5, 0.6) is 0 Å². The third-order valence-corrected chi connectivity index (χ3v) is 3.84. The van der Waals surface area contributed by atoms with Crippen molar-refractivity contribution in [1.29, 1.82) is 0 Å². The zero-order valence-electron chi connectivity index (χ0n) is 12.1. The molecule has 3 aromatic heterocycles. The number of aromatic nitrogens is 6. The largest absolute Gasteiger partial charge is 0.354 e. The third-order valence-electron chi connectivity index (χ3n) is 3.84. The molecule has 3 aromatic rings. The first-order valence-electron chi connectivity index (χ1n) is 7.33. The molecule has 0 amide bonds. The fourth-order valence-electron chi connectivity index (χ4n) is 2.72. The smallest absolute Gasteiger partial charge is 0.177 e. The van der Waals surface area contributed by atoms with Gasteiger partial charge in [0.1, 0.15) is 18.0 Å². The average Bonchev–Trinajstić information content (AvgIpc) is 2.90. The number of rotatable bonds is 2. The molecule has 0 bridgehead atoms. The number of fused-ring (bicyclic) bond motifs is 1. The summed E-state index contributed by atoms with van der Waals surface area (Å²) in [6.07, 6.45) is 7.93. The first-order valence-corrected chi connectivity index (χ1v) is 7.33. The molecule has 0 N–H and O–H groups in total. The van der Waals surface area contributed by atoms with E-state index in [9.17, 15) is 0 Å². The predicted octanol–water partition coefficient (Wildman–Crippen LogP) is 0.631. The highest BCUT2D eigenvalue weighted by atomic mass is 15.4. The lowest BCUT2D eigenvalue weighted by Crippen LogP contribution is -2.31. The Kier molecular flexibility index (Phi) is 3.26. The van der Waals surface area contributed by atoms with Crippen LogP contribution in [0.1, 0.15) is 6.42 Å². The first-order chi connectivity index (χ1) is 10.9. The van der Waals surface area contributed by atoms with E-state index < -0.39 is 0 Å². The van der Waals surface area contributed by atoms with Crippen LogP contribution in [-0.4, -0.2) is 56.0 Å². The molecule has 1 fully saturated rings. The number of nitrogens with zero attached hydrogens (tertiary/aromatic N) is 8. The van der Waals surface area contributed by atoms with Crippen LogP contribution in [0, 0.1) is 0 Å². The molecule has 0 radical (unpaired) electrons. The summed E-state index contributed by atoms with van der Waals surface area (Å²) in [6.45, 7) is 3.75. The summed E-state index contributed by atoms with van der Waals surface area (Å²) in [5, 5.41) is 12.4. The van der Waals surface area contributed by atoms with Crippen LogP contribution in [0.15, 0.2) is 37.1 Å². The van der Waals surface area contributed by atoms with Gasteiger partial charge in [-0.05, 0) is 18.6 Å². The standard InChI is InChI=1S/C14H16N8/c1-6-20(13-3-2-12-18-17-11-22(12)19-13)8-9-21(7-1)14-10-15-4-5-16-14/h2-5,10-11H,1,6-9H2. The van der Waals surface area contributed by atoms with E-state index in [2.05, 4.69) is 35.1 Å². The van der Waals surface area contributed by atoms with E-state index in [0.717, 1.165) is 49.9 Å². The van der Waals surface area contributed by atoms with Gasteiger partial charge in [-0.15, -0.1) is 15.3 Å². The lowest BCUT2D eigenvalue weighted by atomic mass is 10.3. The number of hydrogen-bond donors (Lipinski definition) is 0. The second-order valence-corrected chi connectivity index (χ2v) is 5.22. The van der Waals surface area contributed by atoms with E-state index >= 15 is 0 Å².